The topological polar surface area (TPSA) is 18.3 Å². The summed E-state index contributed by atoms with van der Waals surface area (Å²) in [7, 11) is 4.24. The lowest BCUT2D eigenvalue weighted by Crippen LogP contribution is -2.51. The van der Waals surface area contributed by atoms with Crippen molar-refractivity contribution in [2.24, 2.45) is 0 Å². The van der Waals surface area contributed by atoms with E-state index >= 15 is 0 Å². The number of nitrogens with zero attached hydrogens (tertiary/aromatic N) is 2. The first-order chi connectivity index (χ1) is 5.25. The van der Waals surface area contributed by atoms with Crippen LogP contribution in [0.25, 0.3) is 0 Å². The summed E-state index contributed by atoms with van der Waals surface area (Å²) in [6, 6.07) is 0. The van der Waals surface area contributed by atoms with Gasteiger partial charge >= 0.3 is 0 Å². The average molecular weight is 156 g/mol. The van der Waals surface area contributed by atoms with Gasteiger partial charge in [-0.1, -0.05) is 0 Å². The molecule has 0 aliphatic carbocycles. The van der Waals surface area contributed by atoms with E-state index in [1.165, 1.54) is 13.0 Å². The second kappa shape index (κ2) is 3.72. The quantitative estimate of drug-likeness (QED) is 0.455. The molecule has 0 aromatic rings. The Morgan fingerprint density at radius 1 is 1.64 bits per heavy atom. The van der Waals surface area contributed by atoms with Crippen LogP contribution in [0, 0.1) is 0 Å². The fourth-order valence-electron chi connectivity index (χ4n) is 1.31. The van der Waals surface area contributed by atoms with Crippen LogP contribution < -0.4 is 5.32 Å². The van der Waals surface area contributed by atoms with Crippen molar-refractivity contribution in [3.63, 3.8) is 0 Å². The highest BCUT2D eigenvalue weighted by molar-refractivity contribution is 5.48. The van der Waals surface area contributed by atoms with E-state index in [1.54, 1.807) is 0 Å². The minimum absolute atomic E-state index is 0.619. The smallest absolute Gasteiger partial charge is 0.233 e. The Labute approximate surface area is 68.7 Å². The molecule has 11 heavy (non-hydrogen) atoms. The van der Waals surface area contributed by atoms with Gasteiger partial charge in [-0.15, -0.1) is 0 Å². The molecule has 0 amide bonds. The average Bonchev–Trinajstić information content (AvgIpc) is 1.84. The monoisotopic (exact) mass is 156 g/mol. The van der Waals surface area contributed by atoms with Gasteiger partial charge < -0.3 is 0 Å². The highest BCUT2D eigenvalue weighted by Crippen LogP contribution is 2.11. The lowest BCUT2D eigenvalue weighted by atomic mass is 10.2. The lowest BCUT2D eigenvalue weighted by Gasteiger charge is -2.32. The maximum absolute atomic E-state index is 3.21. The first-order valence-electron chi connectivity index (χ1n) is 4.24. The molecule has 0 saturated carbocycles. The first-order valence-corrected chi connectivity index (χ1v) is 4.24. The van der Waals surface area contributed by atoms with Crippen LogP contribution in [-0.4, -0.2) is 49.2 Å². The SMILES string of the molecule is CCNC=[N+]1CCC1N(C)C. The summed E-state index contributed by atoms with van der Waals surface area (Å²) in [6.07, 6.45) is 4.00. The third kappa shape index (κ3) is 1.93. The predicted molar refractivity (Wildman–Crippen MR) is 47.0 cm³/mol. The minimum atomic E-state index is 0.619. The van der Waals surface area contributed by atoms with Crippen LogP contribution in [0.2, 0.25) is 0 Å². The van der Waals surface area contributed by atoms with Crippen molar-refractivity contribution in [1.82, 2.24) is 10.2 Å². The zero-order valence-corrected chi connectivity index (χ0v) is 7.67. The van der Waals surface area contributed by atoms with Crippen molar-refractivity contribution in [1.29, 1.82) is 0 Å². The molecule has 1 fully saturated rings. The Hall–Kier alpha value is -0.570. The minimum Gasteiger partial charge on any atom is -0.281 e. The molecule has 1 aliphatic heterocycles. The van der Waals surface area contributed by atoms with Crippen molar-refractivity contribution in [2.75, 3.05) is 27.2 Å². The lowest BCUT2D eigenvalue weighted by molar-refractivity contribution is -0.645. The summed E-state index contributed by atoms with van der Waals surface area (Å²) in [5.74, 6) is 0. The summed E-state index contributed by atoms with van der Waals surface area (Å²) in [5, 5.41) is 3.21. The molecule has 0 aromatic carbocycles. The maximum atomic E-state index is 3.21. The van der Waals surface area contributed by atoms with E-state index in [0.29, 0.717) is 6.17 Å². The molecule has 0 bridgehead atoms. The second-order valence-corrected chi connectivity index (χ2v) is 3.16. The molecular formula is C8H18N3+. The number of hydrogen-bond acceptors (Lipinski definition) is 1. The van der Waals surface area contributed by atoms with Crippen molar-refractivity contribution in [3.8, 4) is 0 Å². The summed E-state index contributed by atoms with van der Waals surface area (Å²) >= 11 is 0. The molecule has 0 spiro atoms. The van der Waals surface area contributed by atoms with Crippen LogP contribution in [0.5, 0.6) is 0 Å². The molecule has 1 N–H and O–H groups in total. The van der Waals surface area contributed by atoms with Crippen LogP contribution in [0.1, 0.15) is 13.3 Å². The fourth-order valence-corrected chi connectivity index (χ4v) is 1.31. The third-order valence-electron chi connectivity index (χ3n) is 2.09. The first kappa shape index (κ1) is 8.53. The van der Waals surface area contributed by atoms with Gasteiger partial charge in [0.2, 0.25) is 6.34 Å². The number of nitrogens with one attached hydrogen (secondary N) is 1. The van der Waals surface area contributed by atoms with Crippen LogP contribution in [0.15, 0.2) is 0 Å². The van der Waals surface area contributed by atoms with Gasteiger partial charge in [-0.25, -0.2) is 0 Å². The van der Waals surface area contributed by atoms with E-state index in [2.05, 4.69) is 42.1 Å². The van der Waals surface area contributed by atoms with Crippen molar-refractivity contribution in [2.45, 2.75) is 19.5 Å². The molecular weight excluding hydrogens is 138 g/mol. The summed E-state index contributed by atoms with van der Waals surface area (Å²) in [6.45, 7) is 4.31. The molecule has 0 radical (unpaired) electrons. The molecule has 3 heteroatoms. The summed E-state index contributed by atoms with van der Waals surface area (Å²) in [4.78, 5) is 2.25. The van der Waals surface area contributed by atoms with Gasteiger partial charge in [-0.3, -0.25) is 14.8 Å². The van der Waals surface area contributed by atoms with Crippen molar-refractivity contribution >= 4 is 6.34 Å². The molecule has 0 aromatic heterocycles. The molecule has 1 atom stereocenters. The molecule has 1 aliphatic rings. The molecule has 1 unspecified atom stereocenters. The fraction of sp³-hybridized carbons (Fsp3) is 0.875. The maximum Gasteiger partial charge on any atom is 0.233 e. The van der Waals surface area contributed by atoms with Crippen LogP contribution in [-0.2, 0) is 0 Å². The van der Waals surface area contributed by atoms with E-state index in [9.17, 15) is 0 Å². The predicted octanol–water partition coefficient (Wildman–Crippen LogP) is -0.0719. The van der Waals surface area contributed by atoms with Crippen molar-refractivity contribution < 1.29 is 4.58 Å². The van der Waals surface area contributed by atoms with E-state index in [-0.39, 0.29) is 0 Å². The van der Waals surface area contributed by atoms with Gasteiger partial charge in [0.1, 0.15) is 0 Å². The molecule has 1 heterocycles. The Morgan fingerprint density at radius 2 is 2.36 bits per heavy atom. The Balaban J connectivity index is 2.36. The number of hydrogen-bond donors (Lipinski definition) is 1. The second-order valence-electron chi connectivity index (χ2n) is 3.16. The highest BCUT2D eigenvalue weighted by Gasteiger charge is 2.28. The number of rotatable bonds is 3. The van der Waals surface area contributed by atoms with Crippen LogP contribution in [0.3, 0.4) is 0 Å². The Morgan fingerprint density at radius 3 is 2.73 bits per heavy atom. The van der Waals surface area contributed by atoms with Gasteiger partial charge in [0, 0.05) is 6.42 Å². The third-order valence-corrected chi connectivity index (χ3v) is 2.09. The van der Waals surface area contributed by atoms with Crippen LogP contribution in [0.4, 0.5) is 0 Å². The molecule has 1 saturated heterocycles. The molecule has 3 nitrogen and oxygen atoms in total. The van der Waals surface area contributed by atoms with E-state index in [4.69, 9.17) is 0 Å². The highest BCUT2D eigenvalue weighted by atomic mass is 15.3. The van der Waals surface area contributed by atoms with Gasteiger partial charge in [0.05, 0.1) is 13.1 Å². The summed E-state index contributed by atoms with van der Waals surface area (Å²) in [5.41, 5.74) is 0. The van der Waals surface area contributed by atoms with Crippen molar-refractivity contribution in [3.05, 3.63) is 0 Å². The van der Waals surface area contributed by atoms with E-state index < -0.39 is 0 Å². The Kier molecular flexibility index (Phi) is 2.88. The largest absolute Gasteiger partial charge is 0.281 e. The normalized spacial score (nSPS) is 27.3. The van der Waals surface area contributed by atoms with E-state index in [1.807, 2.05) is 0 Å². The van der Waals surface area contributed by atoms with Gasteiger partial charge in [0.15, 0.2) is 6.17 Å². The van der Waals surface area contributed by atoms with Gasteiger partial charge in [-0.05, 0) is 21.0 Å². The van der Waals surface area contributed by atoms with Gasteiger partial charge in [-0.2, -0.15) is 0 Å². The molecule has 64 valence electrons. The zero-order chi connectivity index (χ0) is 8.27. The standard InChI is InChI=1S/C8H17N3/c1-4-9-7-11-6-5-8(11)10(2)3/h7-8H,4-6H2,1-3H3/p+1. The van der Waals surface area contributed by atoms with E-state index in [0.717, 1.165) is 6.54 Å². The Bertz CT molecular complexity index is 151. The molecule has 1 rings (SSSR count). The summed E-state index contributed by atoms with van der Waals surface area (Å²) < 4.78 is 2.32. The zero-order valence-electron chi connectivity index (χ0n) is 7.67. The van der Waals surface area contributed by atoms with Crippen LogP contribution >= 0.6 is 0 Å². The van der Waals surface area contributed by atoms with Gasteiger partial charge in [0.25, 0.3) is 0 Å².